The Labute approximate surface area is 207 Å². The molecule has 7 rings (SSSR count). The van der Waals surface area contributed by atoms with Gasteiger partial charge in [-0.3, -0.25) is 4.79 Å². The maximum absolute atomic E-state index is 13.3. The van der Waals surface area contributed by atoms with Crippen LogP contribution in [-0.4, -0.2) is 79.6 Å². The molecule has 6 aliphatic rings. The minimum absolute atomic E-state index is 0.516. The van der Waals surface area contributed by atoms with Crippen molar-refractivity contribution in [3.63, 3.8) is 0 Å². The molecule has 0 spiro atoms. The number of fused-ring (bicyclic) bond motifs is 3. The normalized spacial score (nSPS) is 57.7. The molecule has 9 nitrogen and oxygen atoms in total. The van der Waals surface area contributed by atoms with Gasteiger partial charge < -0.3 is 39.4 Å². The summed E-state index contributed by atoms with van der Waals surface area (Å²) in [5.74, 6) is -4.00. The highest BCUT2D eigenvalue weighted by Gasteiger charge is 2.92. The second-order valence-corrected chi connectivity index (χ2v) is 11.5. The molecule has 1 aromatic carbocycles. The number of rotatable bonds is 3. The number of hydrogen-bond acceptors (Lipinski definition) is 9. The van der Waals surface area contributed by atoms with E-state index in [9.17, 15) is 25.2 Å². The van der Waals surface area contributed by atoms with E-state index in [0.717, 1.165) is 0 Å². The standard InChI is InChI=1S/C27H30O9/c1-13(2)24-18(30)14(3)26-17(20(24)34-27(35-24,36-26)15-8-6-5-7-9-15)19-23(12-28,33-19)21(31)25(32)16(29)10-11-22(25,26)4/h5-11,14,17-21,28,30-32H,1,12H2,2-4H3/t14-,17+,18-,19+,20?,21-,22-,23+,24?,25-,26?,27?/m1/s1. The van der Waals surface area contributed by atoms with E-state index in [1.54, 1.807) is 51.1 Å². The highest BCUT2D eigenvalue weighted by Crippen LogP contribution is 2.76. The third kappa shape index (κ3) is 1.98. The van der Waals surface area contributed by atoms with Gasteiger partial charge in [0.1, 0.15) is 29.5 Å². The fourth-order valence-corrected chi connectivity index (χ4v) is 8.38. The van der Waals surface area contributed by atoms with Crippen molar-refractivity contribution in [2.75, 3.05) is 6.61 Å². The summed E-state index contributed by atoms with van der Waals surface area (Å²) in [5.41, 5.74) is -7.44. The Morgan fingerprint density at radius 3 is 2.44 bits per heavy atom. The number of carbonyl (C=O) groups is 1. The third-order valence-corrected chi connectivity index (χ3v) is 10.3. The van der Waals surface area contributed by atoms with Crippen molar-refractivity contribution in [1.29, 1.82) is 0 Å². The van der Waals surface area contributed by atoms with Gasteiger partial charge in [-0.2, -0.15) is 0 Å². The molecule has 36 heavy (non-hydrogen) atoms. The van der Waals surface area contributed by atoms with Gasteiger partial charge in [0.05, 0.1) is 23.7 Å². The van der Waals surface area contributed by atoms with Crippen LogP contribution in [0.5, 0.6) is 0 Å². The van der Waals surface area contributed by atoms with Gasteiger partial charge in [-0.15, -0.1) is 0 Å². The Hall–Kier alpha value is -1.95. The molecule has 4 unspecified atom stereocenters. The van der Waals surface area contributed by atoms with E-state index in [1.807, 2.05) is 6.07 Å². The summed E-state index contributed by atoms with van der Waals surface area (Å²) in [4.78, 5) is 13.3. The minimum Gasteiger partial charge on any atom is -0.393 e. The highest BCUT2D eigenvalue weighted by molar-refractivity contribution is 6.02. The van der Waals surface area contributed by atoms with Crippen LogP contribution >= 0.6 is 0 Å². The number of aliphatic hydroxyl groups excluding tert-OH is 3. The zero-order valence-corrected chi connectivity index (χ0v) is 20.2. The van der Waals surface area contributed by atoms with Gasteiger partial charge in [0, 0.05) is 17.4 Å². The summed E-state index contributed by atoms with van der Waals surface area (Å²) in [6.45, 7) is 8.71. The summed E-state index contributed by atoms with van der Waals surface area (Å²) in [7, 11) is 0. The second kappa shape index (κ2) is 6.36. The minimum atomic E-state index is -2.40. The summed E-state index contributed by atoms with van der Waals surface area (Å²) in [6.07, 6.45) is -1.90. The largest absolute Gasteiger partial charge is 0.393 e. The molecule has 3 aliphatic carbocycles. The Kier molecular flexibility index (Phi) is 4.10. The number of ether oxygens (including phenoxy) is 4. The van der Waals surface area contributed by atoms with Crippen LogP contribution < -0.4 is 0 Å². The smallest absolute Gasteiger partial charge is 0.314 e. The molecule has 5 fully saturated rings. The molecule has 3 saturated heterocycles. The predicted molar refractivity (Wildman–Crippen MR) is 122 cm³/mol. The SMILES string of the molecule is C=C(C)C12OC3(c4ccccc4)OC1[C@@H]1[C@@H]4O[C@]4(CO)[C@@H](O)[C@]4(O)C(=O)C=C[C@@]4(C)C1(O3)[C@H](C)[C@H]2O. The highest BCUT2D eigenvalue weighted by atomic mass is 16.9. The molecule has 9 heteroatoms. The first kappa shape index (κ1) is 23.2. The molecule has 2 saturated carbocycles. The zero-order valence-electron chi connectivity index (χ0n) is 20.2. The van der Waals surface area contributed by atoms with E-state index in [1.165, 1.54) is 6.08 Å². The van der Waals surface area contributed by atoms with Crippen molar-refractivity contribution in [1.82, 2.24) is 0 Å². The van der Waals surface area contributed by atoms with E-state index in [-0.39, 0.29) is 0 Å². The summed E-state index contributed by atoms with van der Waals surface area (Å²) < 4.78 is 26.2. The Morgan fingerprint density at radius 2 is 1.81 bits per heavy atom. The molecule has 3 bridgehead atoms. The lowest BCUT2D eigenvalue weighted by Gasteiger charge is -2.64. The van der Waals surface area contributed by atoms with Crippen LogP contribution in [0.15, 0.2) is 54.6 Å². The van der Waals surface area contributed by atoms with Crippen LogP contribution in [-0.2, 0) is 29.7 Å². The molecule has 0 aromatic heterocycles. The lowest BCUT2D eigenvalue weighted by atomic mass is 9.48. The maximum Gasteiger partial charge on any atom is 0.314 e. The summed E-state index contributed by atoms with van der Waals surface area (Å²) in [5, 5.41) is 46.1. The van der Waals surface area contributed by atoms with Crippen LogP contribution in [0.3, 0.4) is 0 Å². The van der Waals surface area contributed by atoms with Crippen molar-refractivity contribution in [2.24, 2.45) is 17.3 Å². The summed E-state index contributed by atoms with van der Waals surface area (Å²) in [6, 6.07) is 9.01. The van der Waals surface area contributed by atoms with Gasteiger partial charge >= 0.3 is 5.97 Å². The van der Waals surface area contributed by atoms with E-state index in [4.69, 9.17) is 18.9 Å². The number of carbonyl (C=O) groups excluding carboxylic acids is 1. The zero-order chi connectivity index (χ0) is 25.7. The number of hydrogen-bond donors (Lipinski definition) is 4. The van der Waals surface area contributed by atoms with Crippen molar-refractivity contribution in [3.8, 4) is 0 Å². The van der Waals surface area contributed by atoms with Gasteiger partial charge in [0.15, 0.2) is 11.4 Å². The summed E-state index contributed by atoms with van der Waals surface area (Å²) >= 11 is 0. The fraction of sp³-hybridized carbons (Fsp3) is 0.593. The van der Waals surface area contributed by atoms with Crippen LogP contribution in [0.25, 0.3) is 0 Å². The molecular weight excluding hydrogens is 468 g/mol. The maximum atomic E-state index is 13.3. The molecule has 3 aliphatic heterocycles. The lowest BCUT2D eigenvalue weighted by Crippen LogP contribution is -2.79. The molecule has 3 heterocycles. The second-order valence-electron chi connectivity index (χ2n) is 11.5. The fourth-order valence-electron chi connectivity index (χ4n) is 8.38. The first-order valence-corrected chi connectivity index (χ1v) is 12.3. The van der Waals surface area contributed by atoms with E-state index in [0.29, 0.717) is 11.1 Å². The number of epoxide rings is 1. The molecule has 4 N–H and O–H groups in total. The monoisotopic (exact) mass is 498 g/mol. The first-order chi connectivity index (χ1) is 16.9. The van der Waals surface area contributed by atoms with Gasteiger partial charge in [0.2, 0.25) is 0 Å². The van der Waals surface area contributed by atoms with Crippen LogP contribution in [0, 0.1) is 17.3 Å². The van der Waals surface area contributed by atoms with Crippen molar-refractivity contribution >= 4 is 5.78 Å². The van der Waals surface area contributed by atoms with Crippen LogP contribution in [0.2, 0.25) is 0 Å². The average molecular weight is 499 g/mol. The predicted octanol–water partition coefficient (Wildman–Crippen LogP) is 0.304. The third-order valence-electron chi connectivity index (χ3n) is 10.3. The van der Waals surface area contributed by atoms with Crippen molar-refractivity contribution in [2.45, 2.75) is 73.6 Å². The van der Waals surface area contributed by atoms with Crippen LogP contribution in [0.1, 0.15) is 26.3 Å². The molecule has 0 radical (unpaired) electrons. The quantitative estimate of drug-likeness (QED) is 0.342. The number of ketones is 1. The Bertz CT molecular complexity index is 1230. The van der Waals surface area contributed by atoms with Crippen molar-refractivity contribution < 1.29 is 44.2 Å². The van der Waals surface area contributed by atoms with E-state index in [2.05, 4.69) is 6.58 Å². The van der Waals surface area contributed by atoms with Gasteiger partial charge in [-0.1, -0.05) is 49.9 Å². The first-order valence-electron chi connectivity index (χ1n) is 12.3. The molecule has 0 amide bonds. The van der Waals surface area contributed by atoms with Crippen molar-refractivity contribution in [3.05, 3.63) is 60.2 Å². The molecule has 192 valence electrons. The van der Waals surface area contributed by atoms with Crippen LogP contribution in [0.4, 0.5) is 0 Å². The van der Waals surface area contributed by atoms with E-state index < -0.39 is 82.4 Å². The van der Waals surface area contributed by atoms with Gasteiger partial charge in [0.25, 0.3) is 0 Å². The lowest BCUT2D eigenvalue weighted by molar-refractivity contribution is -0.450. The molecule has 12 atom stereocenters. The number of benzene rings is 1. The Balaban J connectivity index is 1.58. The van der Waals surface area contributed by atoms with Gasteiger partial charge in [-0.05, 0) is 25.5 Å². The molecular formula is C27H30O9. The van der Waals surface area contributed by atoms with Gasteiger partial charge in [-0.25, -0.2) is 0 Å². The number of aliphatic hydroxyl groups is 4. The topological polar surface area (TPSA) is 138 Å². The Morgan fingerprint density at radius 1 is 1.11 bits per heavy atom. The van der Waals surface area contributed by atoms with E-state index >= 15 is 0 Å². The molecule has 1 aromatic rings. The average Bonchev–Trinajstić information content (AvgIpc) is 3.49.